The fourth-order valence-corrected chi connectivity index (χ4v) is 6.65. The summed E-state index contributed by atoms with van der Waals surface area (Å²) in [5.41, 5.74) is 8.68. The number of rotatable bonds is 5. The molecule has 0 amide bonds. The van der Waals surface area contributed by atoms with Gasteiger partial charge in [0.2, 0.25) is 5.89 Å². The molecule has 0 radical (unpaired) electrons. The maximum atomic E-state index is 6.57. The highest BCUT2D eigenvalue weighted by atomic mass is 16.4. The maximum Gasteiger partial charge on any atom is 0.227 e. The Morgan fingerprint density at radius 3 is 1.80 bits per heavy atom. The predicted octanol–water partition coefficient (Wildman–Crippen LogP) is 11.4. The highest BCUT2D eigenvalue weighted by molar-refractivity contribution is 6.12. The van der Waals surface area contributed by atoms with Gasteiger partial charge in [-0.2, -0.15) is 0 Å². The Labute approximate surface area is 286 Å². The molecule has 3 aromatic heterocycles. The molecule has 0 aliphatic heterocycles. The molecule has 6 heteroatoms. The van der Waals surface area contributed by atoms with Gasteiger partial charge in [0.25, 0.3) is 0 Å². The molecule has 234 valence electrons. The van der Waals surface area contributed by atoms with Crippen molar-refractivity contribution in [3.8, 4) is 56.7 Å². The lowest BCUT2D eigenvalue weighted by molar-refractivity contribution is 0.620. The van der Waals surface area contributed by atoms with Crippen LogP contribution in [0.4, 0.5) is 0 Å². The minimum absolute atomic E-state index is 0.590. The number of aromatic nitrogens is 4. The lowest BCUT2D eigenvalue weighted by Gasteiger charge is -2.10. The van der Waals surface area contributed by atoms with Gasteiger partial charge < -0.3 is 8.83 Å². The van der Waals surface area contributed by atoms with E-state index in [1.54, 1.807) is 0 Å². The van der Waals surface area contributed by atoms with Crippen molar-refractivity contribution in [2.75, 3.05) is 0 Å². The lowest BCUT2D eigenvalue weighted by atomic mass is 10.00. The highest BCUT2D eigenvalue weighted by Gasteiger charge is 2.18. The van der Waals surface area contributed by atoms with Gasteiger partial charge in [-0.25, -0.2) is 19.9 Å². The number of nitrogens with zero attached hydrogens (tertiary/aromatic N) is 4. The molecule has 7 aromatic carbocycles. The van der Waals surface area contributed by atoms with Gasteiger partial charge in [0.15, 0.2) is 23.1 Å². The third-order valence-corrected chi connectivity index (χ3v) is 9.13. The molecule has 10 rings (SSSR count). The minimum atomic E-state index is 0.590. The van der Waals surface area contributed by atoms with Gasteiger partial charge in [-0.1, -0.05) is 121 Å². The van der Waals surface area contributed by atoms with Crippen molar-refractivity contribution in [2.45, 2.75) is 0 Å². The number of oxazole rings is 1. The van der Waals surface area contributed by atoms with Gasteiger partial charge in [-0.05, 0) is 46.7 Å². The average molecular weight is 643 g/mol. The molecule has 0 saturated heterocycles. The molecule has 0 saturated carbocycles. The number of hydrogen-bond donors (Lipinski definition) is 0. The Morgan fingerprint density at radius 1 is 0.360 bits per heavy atom. The number of hydrogen-bond acceptors (Lipinski definition) is 6. The summed E-state index contributed by atoms with van der Waals surface area (Å²) < 4.78 is 12.8. The summed E-state index contributed by atoms with van der Waals surface area (Å²) in [5, 5.41) is 4.29. The van der Waals surface area contributed by atoms with Crippen LogP contribution >= 0.6 is 0 Å². The van der Waals surface area contributed by atoms with E-state index < -0.39 is 0 Å². The average Bonchev–Trinajstić information content (AvgIpc) is 3.78. The molecule has 0 bridgehead atoms. The normalized spacial score (nSPS) is 11.6. The zero-order valence-electron chi connectivity index (χ0n) is 26.6. The standard InChI is InChI=1S/C44H26N4O2/c1-3-12-28(13-4-1)41-46-42(48-43(47-41)33-22-21-27-11-7-8-16-30(27)23-33)32-18-9-17-31(24-32)34-19-10-20-35-36-25-39-37(26-38(36)49-40(34)35)45-44(50-39)29-14-5-2-6-15-29/h1-26H. The topological polar surface area (TPSA) is 77.8 Å². The third-order valence-electron chi connectivity index (χ3n) is 9.13. The summed E-state index contributed by atoms with van der Waals surface area (Å²) in [6.45, 7) is 0. The third kappa shape index (κ3) is 4.81. The molecular weight excluding hydrogens is 617 g/mol. The van der Waals surface area contributed by atoms with E-state index in [1.807, 2.05) is 97.1 Å². The van der Waals surface area contributed by atoms with Crippen molar-refractivity contribution >= 4 is 43.8 Å². The molecule has 3 heterocycles. The quantitative estimate of drug-likeness (QED) is 0.186. The van der Waals surface area contributed by atoms with Crippen LogP contribution < -0.4 is 0 Å². The van der Waals surface area contributed by atoms with Crippen molar-refractivity contribution in [2.24, 2.45) is 0 Å². The Balaban J connectivity index is 1.09. The molecule has 0 aliphatic rings. The highest BCUT2D eigenvalue weighted by Crippen LogP contribution is 2.39. The van der Waals surface area contributed by atoms with Crippen LogP contribution in [0.15, 0.2) is 167 Å². The first-order valence-corrected chi connectivity index (χ1v) is 16.5. The first-order valence-electron chi connectivity index (χ1n) is 16.5. The van der Waals surface area contributed by atoms with E-state index >= 15 is 0 Å². The van der Waals surface area contributed by atoms with E-state index in [-0.39, 0.29) is 0 Å². The van der Waals surface area contributed by atoms with E-state index in [1.165, 1.54) is 5.39 Å². The van der Waals surface area contributed by atoms with Crippen LogP contribution in [-0.2, 0) is 0 Å². The van der Waals surface area contributed by atoms with Crippen LogP contribution in [0.1, 0.15) is 0 Å². The van der Waals surface area contributed by atoms with Crippen molar-refractivity contribution in [3.05, 3.63) is 158 Å². The van der Waals surface area contributed by atoms with Crippen LogP contribution in [0, 0.1) is 0 Å². The van der Waals surface area contributed by atoms with E-state index in [2.05, 4.69) is 60.7 Å². The predicted molar refractivity (Wildman–Crippen MR) is 199 cm³/mol. The van der Waals surface area contributed by atoms with Gasteiger partial charge >= 0.3 is 0 Å². The van der Waals surface area contributed by atoms with Crippen LogP contribution in [0.2, 0.25) is 0 Å². The Morgan fingerprint density at radius 2 is 1.00 bits per heavy atom. The molecular formula is C44H26N4O2. The molecule has 0 spiro atoms. The smallest absolute Gasteiger partial charge is 0.227 e. The molecule has 0 unspecified atom stereocenters. The van der Waals surface area contributed by atoms with Gasteiger partial charge in [-0.3, -0.25) is 0 Å². The van der Waals surface area contributed by atoms with Gasteiger partial charge in [-0.15, -0.1) is 0 Å². The summed E-state index contributed by atoms with van der Waals surface area (Å²) in [6.07, 6.45) is 0. The van der Waals surface area contributed by atoms with Gasteiger partial charge in [0.1, 0.15) is 16.7 Å². The van der Waals surface area contributed by atoms with E-state index in [0.717, 1.165) is 71.8 Å². The molecule has 6 nitrogen and oxygen atoms in total. The number of fused-ring (bicyclic) bond motifs is 5. The summed E-state index contributed by atoms with van der Waals surface area (Å²) in [4.78, 5) is 19.7. The second kappa shape index (κ2) is 11.4. The van der Waals surface area contributed by atoms with Crippen molar-refractivity contribution in [1.82, 2.24) is 19.9 Å². The minimum Gasteiger partial charge on any atom is -0.455 e. The SMILES string of the molecule is c1ccc(-c2nc(-c3cccc(-c4cccc5c4oc4cc6nc(-c7ccccc7)oc6cc45)c3)nc(-c3ccc4ccccc4c3)n2)cc1. The second-order valence-electron chi connectivity index (χ2n) is 12.3. The number of furan rings is 1. The van der Waals surface area contributed by atoms with Gasteiger partial charge in [0, 0.05) is 44.7 Å². The number of para-hydroxylation sites is 1. The summed E-state index contributed by atoms with van der Waals surface area (Å²) in [5.74, 6) is 2.43. The molecule has 0 atom stereocenters. The van der Waals surface area contributed by atoms with Crippen molar-refractivity contribution in [3.63, 3.8) is 0 Å². The molecule has 0 aliphatic carbocycles. The summed E-state index contributed by atoms with van der Waals surface area (Å²) >= 11 is 0. The number of benzene rings is 7. The molecule has 0 N–H and O–H groups in total. The van der Waals surface area contributed by atoms with Gasteiger partial charge in [0.05, 0.1) is 0 Å². The van der Waals surface area contributed by atoms with E-state index in [4.69, 9.17) is 28.8 Å². The van der Waals surface area contributed by atoms with Crippen molar-refractivity contribution < 1.29 is 8.83 Å². The largest absolute Gasteiger partial charge is 0.455 e. The first kappa shape index (κ1) is 28.1. The first-order chi connectivity index (χ1) is 24.7. The van der Waals surface area contributed by atoms with Crippen LogP contribution in [0.25, 0.3) is 101 Å². The zero-order valence-corrected chi connectivity index (χ0v) is 26.6. The maximum absolute atomic E-state index is 6.57. The van der Waals surface area contributed by atoms with Crippen LogP contribution in [0.5, 0.6) is 0 Å². The zero-order chi connectivity index (χ0) is 33.0. The van der Waals surface area contributed by atoms with Crippen LogP contribution in [-0.4, -0.2) is 19.9 Å². The monoisotopic (exact) mass is 642 g/mol. The Kier molecular flexibility index (Phi) is 6.39. The Hall–Kier alpha value is -6.92. The van der Waals surface area contributed by atoms with Crippen LogP contribution in [0.3, 0.4) is 0 Å². The molecule has 10 aromatic rings. The lowest BCUT2D eigenvalue weighted by Crippen LogP contribution is -2.00. The molecule has 50 heavy (non-hydrogen) atoms. The molecule has 0 fully saturated rings. The summed E-state index contributed by atoms with van der Waals surface area (Å²) in [7, 11) is 0. The van der Waals surface area contributed by atoms with Crippen molar-refractivity contribution in [1.29, 1.82) is 0 Å². The van der Waals surface area contributed by atoms with E-state index in [9.17, 15) is 0 Å². The fourth-order valence-electron chi connectivity index (χ4n) is 6.65. The van der Waals surface area contributed by atoms with E-state index in [0.29, 0.717) is 23.4 Å². The summed E-state index contributed by atoms with van der Waals surface area (Å²) in [6, 6.07) is 53.1. The second-order valence-corrected chi connectivity index (χ2v) is 12.3. The Bertz CT molecular complexity index is 2880. The fraction of sp³-hybridized carbons (Fsp3) is 0.